The Morgan fingerprint density at radius 2 is 2.00 bits per heavy atom. The SMILES string of the molecule is CCCCn1nnnc1COC(=O)c1ccccc1NS(=O)(=O)c1ccc(F)cc1C. The highest BCUT2D eigenvalue weighted by atomic mass is 32.2. The van der Waals surface area contributed by atoms with Gasteiger partial charge in [-0.1, -0.05) is 25.5 Å². The fourth-order valence-corrected chi connectivity index (χ4v) is 4.19. The molecule has 0 aliphatic rings. The van der Waals surface area contributed by atoms with Crippen LogP contribution in [0.25, 0.3) is 0 Å². The van der Waals surface area contributed by atoms with Gasteiger partial charge in [0.1, 0.15) is 5.82 Å². The first kappa shape index (κ1) is 22.3. The van der Waals surface area contributed by atoms with Gasteiger partial charge in [0.15, 0.2) is 12.4 Å². The van der Waals surface area contributed by atoms with Gasteiger partial charge in [-0.15, -0.1) is 5.10 Å². The van der Waals surface area contributed by atoms with Gasteiger partial charge in [0.2, 0.25) is 0 Å². The van der Waals surface area contributed by atoms with Gasteiger partial charge in [-0.05, 0) is 59.7 Å². The van der Waals surface area contributed by atoms with Crippen molar-refractivity contribution in [3.05, 3.63) is 65.2 Å². The van der Waals surface area contributed by atoms with E-state index in [1.165, 1.54) is 25.1 Å². The molecule has 0 unspecified atom stereocenters. The highest BCUT2D eigenvalue weighted by Gasteiger charge is 2.21. The van der Waals surface area contributed by atoms with Crippen molar-refractivity contribution < 1.29 is 22.3 Å². The predicted molar refractivity (Wildman–Crippen MR) is 110 cm³/mol. The van der Waals surface area contributed by atoms with E-state index in [4.69, 9.17) is 4.74 Å². The number of rotatable bonds is 9. The molecule has 1 aromatic heterocycles. The number of halogens is 1. The summed E-state index contributed by atoms with van der Waals surface area (Å²) in [5, 5.41) is 11.3. The topological polar surface area (TPSA) is 116 Å². The van der Waals surface area contributed by atoms with Crippen LogP contribution in [0.2, 0.25) is 0 Å². The molecule has 0 aliphatic carbocycles. The molecule has 0 saturated carbocycles. The number of nitrogens with zero attached hydrogens (tertiary/aromatic N) is 4. The summed E-state index contributed by atoms with van der Waals surface area (Å²) in [6.45, 7) is 3.97. The number of ether oxygens (including phenoxy) is 1. The zero-order valence-corrected chi connectivity index (χ0v) is 17.9. The van der Waals surface area contributed by atoms with E-state index in [9.17, 15) is 17.6 Å². The van der Waals surface area contributed by atoms with E-state index in [-0.39, 0.29) is 28.3 Å². The van der Waals surface area contributed by atoms with Crippen LogP contribution in [0.3, 0.4) is 0 Å². The summed E-state index contributed by atoms with van der Waals surface area (Å²) in [7, 11) is -4.05. The second kappa shape index (κ2) is 9.65. The van der Waals surface area contributed by atoms with Gasteiger partial charge in [0.05, 0.1) is 16.1 Å². The Morgan fingerprint density at radius 1 is 1.23 bits per heavy atom. The highest BCUT2D eigenvalue weighted by Crippen LogP contribution is 2.23. The summed E-state index contributed by atoms with van der Waals surface area (Å²) in [4.78, 5) is 12.5. The van der Waals surface area contributed by atoms with Crippen molar-refractivity contribution in [3.8, 4) is 0 Å². The second-order valence-corrected chi connectivity index (χ2v) is 8.46. The third-order valence-corrected chi connectivity index (χ3v) is 6.01. The molecular weight excluding hydrogens is 425 g/mol. The van der Waals surface area contributed by atoms with E-state index in [2.05, 4.69) is 20.2 Å². The number of tetrazole rings is 1. The normalized spacial score (nSPS) is 11.3. The summed E-state index contributed by atoms with van der Waals surface area (Å²) < 4.78 is 48.1. The van der Waals surface area contributed by atoms with Gasteiger partial charge in [-0.25, -0.2) is 22.3 Å². The Balaban J connectivity index is 1.77. The number of esters is 1. The van der Waals surface area contributed by atoms with Gasteiger partial charge in [0, 0.05) is 6.54 Å². The lowest BCUT2D eigenvalue weighted by molar-refractivity contribution is 0.0457. The Bertz CT molecular complexity index is 1180. The van der Waals surface area contributed by atoms with Crippen molar-refractivity contribution in [1.82, 2.24) is 20.2 Å². The highest BCUT2D eigenvalue weighted by molar-refractivity contribution is 7.92. The van der Waals surface area contributed by atoms with E-state index in [1.807, 2.05) is 6.92 Å². The van der Waals surface area contributed by atoms with Crippen LogP contribution in [0.5, 0.6) is 0 Å². The Morgan fingerprint density at radius 3 is 2.74 bits per heavy atom. The lowest BCUT2D eigenvalue weighted by Gasteiger charge is -2.13. The van der Waals surface area contributed by atoms with Crippen molar-refractivity contribution in [2.45, 2.75) is 44.7 Å². The van der Waals surface area contributed by atoms with E-state index in [1.54, 1.807) is 16.8 Å². The van der Waals surface area contributed by atoms with E-state index in [0.717, 1.165) is 25.0 Å². The van der Waals surface area contributed by atoms with Gasteiger partial charge >= 0.3 is 5.97 Å². The summed E-state index contributed by atoms with van der Waals surface area (Å²) in [5.74, 6) is -0.886. The minimum absolute atomic E-state index is 0.0263. The molecule has 0 spiro atoms. The molecule has 0 radical (unpaired) electrons. The maximum absolute atomic E-state index is 13.3. The fraction of sp³-hybridized carbons (Fsp3) is 0.300. The van der Waals surface area contributed by atoms with E-state index < -0.39 is 21.8 Å². The quantitative estimate of drug-likeness (QED) is 0.501. The molecule has 0 aliphatic heterocycles. The molecule has 0 atom stereocenters. The van der Waals surface area contributed by atoms with Crippen LogP contribution in [0.4, 0.5) is 10.1 Å². The average molecular weight is 447 g/mol. The summed E-state index contributed by atoms with van der Waals surface area (Å²) in [6, 6.07) is 9.41. The van der Waals surface area contributed by atoms with Crippen LogP contribution in [0, 0.1) is 12.7 Å². The third-order valence-electron chi connectivity index (χ3n) is 4.48. The maximum atomic E-state index is 13.3. The Labute approximate surface area is 179 Å². The lowest BCUT2D eigenvalue weighted by atomic mass is 10.2. The van der Waals surface area contributed by atoms with Gasteiger partial charge < -0.3 is 4.74 Å². The predicted octanol–water partition coefficient (Wildman–Crippen LogP) is 3.08. The molecule has 0 saturated heterocycles. The first-order valence-corrected chi connectivity index (χ1v) is 11.1. The minimum atomic E-state index is -4.05. The largest absolute Gasteiger partial charge is 0.454 e. The van der Waals surface area contributed by atoms with Crippen LogP contribution in [0.1, 0.15) is 41.5 Å². The smallest absolute Gasteiger partial charge is 0.340 e. The van der Waals surface area contributed by atoms with Crippen LogP contribution < -0.4 is 4.72 Å². The summed E-state index contributed by atoms with van der Waals surface area (Å²) in [6.07, 6.45) is 1.83. The summed E-state index contributed by atoms with van der Waals surface area (Å²) >= 11 is 0. The molecule has 0 amide bonds. The molecule has 3 rings (SSSR count). The molecule has 0 bridgehead atoms. The van der Waals surface area contributed by atoms with Gasteiger partial charge in [-0.2, -0.15) is 0 Å². The number of carbonyl (C=O) groups is 1. The average Bonchev–Trinajstić information content (AvgIpc) is 3.17. The number of hydrogen-bond acceptors (Lipinski definition) is 7. The number of benzene rings is 2. The number of sulfonamides is 1. The second-order valence-electron chi connectivity index (χ2n) is 6.81. The van der Waals surface area contributed by atoms with E-state index in [0.29, 0.717) is 12.4 Å². The van der Waals surface area contributed by atoms with Crippen molar-refractivity contribution in [3.63, 3.8) is 0 Å². The molecule has 0 fully saturated rings. The monoisotopic (exact) mass is 447 g/mol. The zero-order valence-electron chi connectivity index (χ0n) is 17.1. The standard InChI is InChI=1S/C20H22FN5O4S/c1-3-4-11-26-19(22-24-25-26)13-30-20(27)16-7-5-6-8-17(16)23-31(28,29)18-10-9-15(21)12-14(18)2/h5-10,12,23H,3-4,11,13H2,1-2H3. The summed E-state index contributed by atoms with van der Waals surface area (Å²) in [5.41, 5.74) is 0.312. The first-order chi connectivity index (χ1) is 14.8. The maximum Gasteiger partial charge on any atom is 0.340 e. The Kier molecular flexibility index (Phi) is 6.95. The van der Waals surface area contributed by atoms with Crippen molar-refractivity contribution in [2.75, 3.05) is 4.72 Å². The van der Waals surface area contributed by atoms with Gasteiger partial charge in [-0.3, -0.25) is 4.72 Å². The van der Waals surface area contributed by atoms with Crippen molar-refractivity contribution >= 4 is 21.7 Å². The molecule has 11 heteroatoms. The number of nitrogens with one attached hydrogen (secondary N) is 1. The minimum Gasteiger partial charge on any atom is -0.454 e. The number of anilines is 1. The molecule has 1 heterocycles. The molecule has 1 N–H and O–H groups in total. The van der Waals surface area contributed by atoms with Crippen LogP contribution >= 0.6 is 0 Å². The zero-order chi connectivity index (χ0) is 22.4. The van der Waals surface area contributed by atoms with E-state index >= 15 is 0 Å². The molecule has 2 aromatic carbocycles. The van der Waals surface area contributed by atoms with Crippen LogP contribution in [-0.4, -0.2) is 34.6 Å². The molecule has 9 nitrogen and oxygen atoms in total. The van der Waals surface area contributed by atoms with Crippen LogP contribution in [0.15, 0.2) is 47.4 Å². The molecule has 3 aromatic rings. The number of unbranched alkanes of at least 4 members (excludes halogenated alkanes) is 1. The number of para-hydroxylation sites is 1. The molecule has 164 valence electrons. The molecule has 31 heavy (non-hydrogen) atoms. The number of aryl methyl sites for hydroxylation is 2. The number of hydrogen-bond donors (Lipinski definition) is 1. The van der Waals surface area contributed by atoms with Gasteiger partial charge in [0.25, 0.3) is 10.0 Å². The van der Waals surface area contributed by atoms with Crippen molar-refractivity contribution in [2.24, 2.45) is 0 Å². The number of aromatic nitrogens is 4. The first-order valence-electron chi connectivity index (χ1n) is 9.62. The van der Waals surface area contributed by atoms with Crippen LogP contribution in [-0.2, 0) is 27.9 Å². The number of carbonyl (C=O) groups excluding carboxylic acids is 1. The fourth-order valence-electron chi connectivity index (χ4n) is 2.88. The third kappa shape index (κ3) is 5.43. The Hall–Kier alpha value is -3.34. The lowest BCUT2D eigenvalue weighted by Crippen LogP contribution is -2.18. The van der Waals surface area contributed by atoms with Crippen molar-refractivity contribution in [1.29, 1.82) is 0 Å². The molecular formula is C20H22FN5O4S.